The van der Waals surface area contributed by atoms with Gasteiger partial charge in [0.05, 0.1) is 15.4 Å². The molecule has 218 valence electrons. The predicted molar refractivity (Wildman–Crippen MR) is 179 cm³/mol. The van der Waals surface area contributed by atoms with Crippen LogP contribution in [-0.2, 0) is 0 Å². The number of anilines is 1. The molecule has 3 aliphatic carbocycles. The highest BCUT2D eigenvalue weighted by Crippen LogP contribution is 2.35. The number of hydrogen-bond donors (Lipinski definition) is 1. The van der Waals surface area contributed by atoms with Gasteiger partial charge in [-0.3, -0.25) is 0 Å². The Balaban J connectivity index is 0.000000304. The average Bonchev–Trinajstić information content (AvgIpc) is 3.34. The minimum absolute atomic E-state index is 0.0272. The first kappa shape index (κ1) is 35.1. The molecular weight excluding hydrogens is 490 g/mol. The van der Waals surface area contributed by atoms with E-state index in [0.717, 1.165) is 38.8 Å². The van der Waals surface area contributed by atoms with E-state index in [1.807, 2.05) is 6.92 Å². The van der Waals surface area contributed by atoms with E-state index in [4.69, 9.17) is 0 Å². The maximum absolute atomic E-state index is 4.00. The molecule has 1 heterocycles. The van der Waals surface area contributed by atoms with Crippen molar-refractivity contribution in [3.05, 3.63) is 35.2 Å². The van der Waals surface area contributed by atoms with Crippen LogP contribution < -0.4 is 5.32 Å². The smallest absolute Gasteiger partial charge is 0.0796 e. The van der Waals surface area contributed by atoms with Crippen molar-refractivity contribution in [2.75, 3.05) is 5.32 Å². The molecule has 3 fully saturated rings. The molecule has 1 aromatic rings. The van der Waals surface area contributed by atoms with E-state index in [9.17, 15) is 0 Å². The highest BCUT2D eigenvalue weighted by molar-refractivity contribution is 7.14. The molecule has 3 saturated carbocycles. The third-order valence-electron chi connectivity index (χ3n) is 7.95. The lowest BCUT2D eigenvalue weighted by Crippen LogP contribution is -2.14. The third kappa shape index (κ3) is 16.1. The molecule has 0 spiro atoms. The van der Waals surface area contributed by atoms with Gasteiger partial charge in [0, 0.05) is 5.41 Å². The van der Waals surface area contributed by atoms with Crippen LogP contribution >= 0.6 is 11.3 Å². The fraction of sp³-hybridized carbons (Fsp3) is 0.676. The minimum Gasteiger partial charge on any atom is -0.361 e. The van der Waals surface area contributed by atoms with Crippen molar-refractivity contribution < 1.29 is 0 Å². The molecule has 0 atom stereocenters. The van der Waals surface area contributed by atoms with Gasteiger partial charge in [-0.25, -0.2) is 0 Å². The second kappa shape index (κ2) is 20.0. The van der Waals surface area contributed by atoms with Gasteiger partial charge in [0.15, 0.2) is 0 Å². The van der Waals surface area contributed by atoms with E-state index in [0.29, 0.717) is 0 Å². The second-order valence-corrected chi connectivity index (χ2v) is 14.0. The summed E-state index contributed by atoms with van der Waals surface area (Å²) in [6, 6.07) is 2.05. The molecule has 1 nitrogen and oxygen atoms in total. The lowest BCUT2D eigenvalue weighted by Gasteiger charge is -2.28. The van der Waals surface area contributed by atoms with Crippen LogP contribution in [0, 0.1) is 47.9 Å². The highest BCUT2D eigenvalue weighted by atomic mass is 32.1. The van der Waals surface area contributed by atoms with Crippen LogP contribution in [0.2, 0.25) is 0 Å². The Labute approximate surface area is 247 Å². The van der Waals surface area contributed by atoms with Gasteiger partial charge >= 0.3 is 0 Å². The Morgan fingerprint density at radius 3 is 1.74 bits per heavy atom. The van der Waals surface area contributed by atoms with E-state index < -0.39 is 0 Å². The summed E-state index contributed by atoms with van der Waals surface area (Å²) in [6.07, 6.45) is 34.0. The van der Waals surface area contributed by atoms with Crippen LogP contribution in [0.1, 0.15) is 147 Å². The summed E-state index contributed by atoms with van der Waals surface area (Å²) in [4.78, 5) is 2.20. The van der Waals surface area contributed by atoms with Gasteiger partial charge in [-0.2, -0.15) is 0 Å². The van der Waals surface area contributed by atoms with Crippen LogP contribution in [0.4, 0.5) is 5.69 Å². The zero-order chi connectivity index (χ0) is 29.1. The number of thiophene rings is 1. The molecule has 0 bridgehead atoms. The standard InChI is InChI=1S/C15H19NS.C13H24.C7H14.C2H2/c1-7-16-13-10-12(8-9-15(4,5)6)17-14(13)11(2)3;1-3-7-12(8-4-1)11-13-9-5-2-6-10-13;1-7-5-3-2-4-6-7;1-2/h7,10,16H,1-2H2,3-6H3;12-13H,1-11H2;7H,2-6H2,1H3;1-2H. The van der Waals surface area contributed by atoms with Crippen LogP contribution in [0.3, 0.4) is 0 Å². The molecule has 39 heavy (non-hydrogen) atoms. The van der Waals surface area contributed by atoms with Gasteiger partial charge in [-0.05, 0) is 69.7 Å². The fourth-order valence-electron chi connectivity index (χ4n) is 5.86. The highest BCUT2D eigenvalue weighted by Gasteiger charge is 2.20. The van der Waals surface area contributed by atoms with Gasteiger partial charge < -0.3 is 5.32 Å². The zero-order valence-corrected chi connectivity index (χ0v) is 27.0. The maximum Gasteiger partial charge on any atom is 0.0796 e. The molecule has 0 radical (unpaired) electrons. The van der Waals surface area contributed by atoms with E-state index in [2.05, 4.69) is 76.9 Å². The van der Waals surface area contributed by atoms with E-state index >= 15 is 0 Å². The number of rotatable bonds is 5. The second-order valence-electron chi connectivity index (χ2n) is 13.0. The zero-order valence-electron chi connectivity index (χ0n) is 26.2. The molecule has 2 heteroatoms. The Morgan fingerprint density at radius 2 is 1.38 bits per heavy atom. The summed E-state index contributed by atoms with van der Waals surface area (Å²) in [5, 5.41) is 3.12. The van der Waals surface area contributed by atoms with Crippen molar-refractivity contribution in [1.29, 1.82) is 0 Å². The first-order chi connectivity index (χ1) is 18.7. The quantitative estimate of drug-likeness (QED) is 0.360. The lowest BCUT2D eigenvalue weighted by atomic mass is 9.78. The monoisotopic (exact) mass is 549 g/mol. The number of nitrogens with one attached hydrogen (secondary N) is 1. The molecular formula is C37H59NS. The molecule has 0 aromatic carbocycles. The molecule has 0 aliphatic heterocycles. The van der Waals surface area contributed by atoms with Crippen molar-refractivity contribution in [1.82, 2.24) is 0 Å². The van der Waals surface area contributed by atoms with Crippen LogP contribution in [-0.4, -0.2) is 0 Å². The van der Waals surface area contributed by atoms with Crippen molar-refractivity contribution in [3.8, 4) is 24.7 Å². The number of hydrogen-bond acceptors (Lipinski definition) is 2. The van der Waals surface area contributed by atoms with Crippen molar-refractivity contribution in [2.24, 2.45) is 23.2 Å². The molecule has 1 aromatic heterocycles. The first-order valence-electron chi connectivity index (χ1n) is 15.7. The number of allylic oxidation sites excluding steroid dienone is 1. The molecule has 3 aliphatic rings. The largest absolute Gasteiger partial charge is 0.361 e. The van der Waals surface area contributed by atoms with Gasteiger partial charge in [0.1, 0.15) is 0 Å². The molecule has 0 saturated heterocycles. The molecule has 0 amide bonds. The summed E-state index contributed by atoms with van der Waals surface area (Å²) in [6.45, 7) is 18.3. The van der Waals surface area contributed by atoms with Gasteiger partial charge in [0.2, 0.25) is 0 Å². The average molecular weight is 550 g/mol. The summed E-state index contributed by atoms with van der Waals surface area (Å²) in [5.74, 6) is 9.73. The first-order valence-corrected chi connectivity index (χ1v) is 16.5. The van der Waals surface area contributed by atoms with Crippen molar-refractivity contribution in [3.63, 3.8) is 0 Å². The van der Waals surface area contributed by atoms with Crippen LogP contribution in [0.15, 0.2) is 25.4 Å². The Morgan fingerprint density at radius 1 is 0.923 bits per heavy atom. The lowest BCUT2D eigenvalue weighted by molar-refractivity contribution is 0.244. The molecule has 4 rings (SSSR count). The molecule has 1 N–H and O–H groups in total. The minimum atomic E-state index is 0.0272. The van der Waals surface area contributed by atoms with E-state index in [1.165, 1.54) is 70.6 Å². The predicted octanol–water partition coefficient (Wildman–Crippen LogP) is 12.1. The summed E-state index contributed by atoms with van der Waals surface area (Å²) < 4.78 is 0. The van der Waals surface area contributed by atoms with Gasteiger partial charge in [-0.1, -0.05) is 128 Å². The Kier molecular flexibility index (Phi) is 18.1. The third-order valence-corrected chi connectivity index (χ3v) is 9.16. The van der Waals surface area contributed by atoms with Crippen LogP contribution in [0.5, 0.6) is 0 Å². The topological polar surface area (TPSA) is 12.0 Å². The summed E-state index contributed by atoms with van der Waals surface area (Å²) in [5.41, 5.74) is 2.11. The maximum atomic E-state index is 4.00. The van der Waals surface area contributed by atoms with Crippen molar-refractivity contribution in [2.45, 2.75) is 137 Å². The Bertz CT molecular complexity index is 865. The van der Waals surface area contributed by atoms with Gasteiger partial charge in [-0.15, -0.1) is 24.2 Å². The number of terminal acetylenes is 1. The fourth-order valence-corrected chi connectivity index (χ4v) is 6.76. The van der Waals surface area contributed by atoms with Gasteiger partial charge in [0.25, 0.3) is 0 Å². The van der Waals surface area contributed by atoms with Crippen LogP contribution in [0.25, 0.3) is 5.57 Å². The van der Waals surface area contributed by atoms with E-state index in [-0.39, 0.29) is 5.41 Å². The van der Waals surface area contributed by atoms with E-state index in [1.54, 1.807) is 49.6 Å². The SMILES string of the molecule is C#C.C1CCC(CC2CCCCC2)CC1.C=CNc1cc(C#CC(C)(C)C)sc1C(=C)C.CC1CCCCC1. The summed E-state index contributed by atoms with van der Waals surface area (Å²) >= 11 is 1.66. The Hall–Kier alpha value is -1.90. The van der Waals surface area contributed by atoms with Crippen molar-refractivity contribution >= 4 is 22.6 Å². The summed E-state index contributed by atoms with van der Waals surface area (Å²) in [7, 11) is 0. The normalized spacial score (nSPS) is 18.3. The molecule has 0 unspecified atom stereocenters.